The molecule has 0 saturated heterocycles. The lowest BCUT2D eigenvalue weighted by atomic mass is 10.2. The van der Waals surface area contributed by atoms with E-state index in [0.29, 0.717) is 17.3 Å². The zero-order valence-corrected chi connectivity index (χ0v) is 11.3. The molecular formula is C9H13ClIN3O. The highest BCUT2D eigenvalue weighted by Crippen LogP contribution is 2.23. The Bertz CT molecular complexity index is 353. The Labute approximate surface area is 111 Å². The lowest BCUT2D eigenvalue weighted by molar-refractivity contribution is 0.410. The summed E-state index contributed by atoms with van der Waals surface area (Å²) in [7, 11) is 1.57. The van der Waals surface area contributed by atoms with E-state index in [2.05, 4.69) is 4.99 Å². The molecule has 1 aromatic carbocycles. The van der Waals surface area contributed by atoms with E-state index in [-0.39, 0.29) is 29.9 Å². The van der Waals surface area contributed by atoms with Crippen molar-refractivity contribution in [1.82, 2.24) is 0 Å². The summed E-state index contributed by atoms with van der Waals surface area (Å²) in [5.74, 6) is 0.740. The number of benzene rings is 1. The minimum atomic E-state index is 0. The van der Waals surface area contributed by atoms with Crippen molar-refractivity contribution in [3.05, 3.63) is 28.8 Å². The zero-order chi connectivity index (χ0) is 10.6. The van der Waals surface area contributed by atoms with Crippen LogP contribution in [0.2, 0.25) is 5.02 Å². The van der Waals surface area contributed by atoms with E-state index in [9.17, 15) is 0 Å². The van der Waals surface area contributed by atoms with Gasteiger partial charge in [-0.15, -0.1) is 24.0 Å². The first-order chi connectivity index (χ1) is 6.63. The van der Waals surface area contributed by atoms with E-state index in [4.69, 9.17) is 27.8 Å². The second-order valence-electron chi connectivity index (χ2n) is 2.70. The average molecular weight is 342 g/mol. The van der Waals surface area contributed by atoms with Crippen molar-refractivity contribution in [3.8, 4) is 5.75 Å². The molecule has 4 nitrogen and oxygen atoms in total. The minimum Gasteiger partial charge on any atom is -0.496 e. The third kappa shape index (κ3) is 4.57. The smallest absolute Gasteiger partial charge is 0.186 e. The maximum atomic E-state index is 5.79. The summed E-state index contributed by atoms with van der Waals surface area (Å²) in [6, 6.07) is 5.31. The second kappa shape index (κ2) is 6.73. The van der Waals surface area contributed by atoms with Gasteiger partial charge in [-0.2, -0.15) is 0 Å². The van der Waals surface area contributed by atoms with Crippen LogP contribution in [0.25, 0.3) is 0 Å². The number of rotatable bonds is 3. The summed E-state index contributed by atoms with van der Waals surface area (Å²) in [5, 5.41) is 0.621. The molecule has 0 fully saturated rings. The molecule has 1 rings (SSSR count). The lowest BCUT2D eigenvalue weighted by Crippen LogP contribution is -2.22. The molecule has 0 aliphatic heterocycles. The van der Waals surface area contributed by atoms with Gasteiger partial charge in [0.2, 0.25) is 0 Å². The summed E-state index contributed by atoms with van der Waals surface area (Å²) in [4.78, 5) is 3.88. The number of aliphatic imine (C=N–C) groups is 1. The highest BCUT2D eigenvalue weighted by molar-refractivity contribution is 14.0. The average Bonchev–Trinajstić information content (AvgIpc) is 2.15. The van der Waals surface area contributed by atoms with E-state index in [0.717, 1.165) is 5.56 Å². The molecule has 0 aliphatic carbocycles. The van der Waals surface area contributed by atoms with Crippen LogP contribution in [0, 0.1) is 0 Å². The van der Waals surface area contributed by atoms with Gasteiger partial charge >= 0.3 is 0 Å². The van der Waals surface area contributed by atoms with E-state index >= 15 is 0 Å². The molecule has 1 aromatic rings. The van der Waals surface area contributed by atoms with Gasteiger partial charge < -0.3 is 16.2 Å². The number of hydrogen-bond donors (Lipinski definition) is 2. The molecule has 0 spiro atoms. The molecular weight excluding hydrogens is 328 g/mol. The number of ether oxygens (including phenoxy) is 1. The van der Waals surface area contributed by atoms with Gasteiger partial charge in [0.1, 0.15) is 5.75 Å². The van der Waals surface area contributed by atoms with Crippen molar-refractivity contribution < 1.29 is 4.74 Å². The Morgan fingerprint density at radius 1 is 1.47 bits per heavy atom. The third-order valence-electron chi connectivity index (χ3n) is 1.68. The molecule has 0 aromatic heterocycles. The topological polar surface area (TPSA) is 73.6 Å². The van der Waals surface area contributed by atoms with Gasteiger partial charge in [-0.25, -0.2) is 4.99 Å². The van der Waals surface area contributed by atoms with Crippen molar-refractivity contribution in [2.24, 2.45) is 16.5 Å². The van der Waals surface area contributed by atoms with Crippen LogP contribution in [0.3, 0.4) is 0 Å². The predicted molar refractivity (Wildman–Crippen MR) is 72.9 cm³/mol. The van der Waals surface area contributed by atoms with Gasteiger partial charge in [-0.05, 0) is 12.1 Å². The van der Waals surface area contributed by atoms with Crippen molar-refractivity contribution in [3.63, 3.8) is 0 Å². The van der Waals surface area contributed by atoms with Crippen LogP contribution in [0.5, 0.6) is 5.75 Å². The van der Waals surface area contributed by atoms with Crippen LogP contribution < -0.4 is 16.2 Å². The summed E-state index contributed by atoms with van der Waals surface area (Å²) in [5.41, 5.74) is 11.3. The molecule has 84 valence electrons. The van der Waals surface area contributed by atoms with Crippen LogP contribution in [0.1, 0.15) is 5.56 Å². The second-order valence-corrected chi connectivity index (χ2v) is 3.13. The standard InChI is InChI=1S/C9H12ClN3O.HI/c1-14-8-4-7(10)3-2-6(8)5-13-9(11)12;/h2-4H,5H2,1H3,(H4,11,12,13);1H. The van der Waals surface area contributed by atoms with Gasteiger partial charge in [0.05, 0.1) is 13.7 Å². The third-order valence-corrected chi connectivity index (χ3v) is 1.92. The molecule has 0 unspecified atom stereocenters. The van der Waals surface area contributed by atoms with Gasteiger partial charge in [0, 0.05) is 10.6 Å². The number of nitrogens with two attached hydrogens (primary N) is 2. The highest BCUT2D eigenvalue weighted by atomic mass is 127. The van der Waals surface area contributed by atoms with Crippen molar-refractivity contribution in [2.75, 3.05) is 7.11 Å². The van der Waals surface area contributed by atoms with Crippen LogP contribution in [-0.2, 0) is 6.54 Å². The largest absolute Gasteiger partial charge is 0.496 e. The number of methoxy groups -OCH3 is 1. The monoisotopic (exact) mass is 341 g/mol. The van der Waals surface area contributed by atoms with Crippen LogP contribution in [-0.4, -0.2) is 13.1 Å². The first-order valence-corrected chi connectivity index (χ1v) is 4.39. The van der Waals surface area contributed by atoms with Gasteiger partial charge in [-0.1, -0.05) is 17.7 Å². The fourth-order valence-electron chi connectivity index (χ4n) is 1.03. The minimum absolute atomic E-state index is 0. The first-order valence-electron chi connectivity index (χ1n) is 4.01. The molecule has 0 bridgehead atoms. The highest BCUT2D eigenvalue weighted by Gasteiger charge is 2.02. The van der Waals surface area contributed by atoms with E-state index in [1.165, 1.54) is 0 Å². The lowest BCUT2D eigenvalue weighted by Gasteiger charge is -2.06. The summed E-state index contributed by atoms with van der Waals surface area (Å²) < 4.78 is 5.12. The Morgan fingerprint density at radius 3 is 2.67 bits per heavy atom. The van der Waals surface area contributed by atoms with Crippen LogP contribution in [0.4, 0.5) is 0 Å². The Morgan fingerprint density at radius 2 is 2.13 bits per heavy atom. The van der Waals surface area contributed by atoms with E-state index < -0.39 is 0 Å². The maximum absolute atomic E-state index is 5.79. The fourth-order valence-corrected chi connectivity index (χ4v) is 1.19. The molecule has 0 atom stereocenters. The number of hydrogen-bond acceptors (Lipinski definition) is 2. The van der Waals surface area contributed by atoms with Crippen LogP contribution in [0.15, 0.2) is 23.2 Å². The number of guanidine groups is 1. The fraction of sp³-hybridized carbons (Fsp3) is 0.222. The van der Waals surface area contributed by atoms with Gasteiger partial charge in [0.25, 0.3) is 0 Å². The Balaban J connectivity index is 0.00000196. The summed E-state index contributed by atoms with van der Waals surface area (Å²) >= 11 is 5.79. The van der Waals surface area contributed by atoms with E-state index in [1.54, 1.807) is 19.2 Å². The molecule has 4 N–H and O–H groups in total. The zero-order valence-electron chi connectivity index (χ0n) is 8.24. The van der Waals surface area contributed by atoms with Crippen molar-refractivity contribution in [1.29, 1.82) is 0 Å². The summed E-state index contributed by atoms with van der Waals surface area (Å²) in [6.45, 7) is 0.392. The van der Waals surface area contributed by atoms with Gasteiger partial charge in [-0.3, -0.25) is 0 Å². The molecule has 0 heterocycles. The summed E-state index contributed by atoms with van der Waals surface area (Å²) in [6.07, 6.45) is 0. The SMILES string of the molecule is COc1cc(Cl)ccc1CN=C(N)N.I. The molecule has 0 aliphatic rings. The molecule has 6 heteroatoms. The number of halogens is 2. The van der Waals surface area contributed by atoms with Crippen LogP contribution >= 0.6 is 35.6 Å². The Hall–Kier alpha value is -0.690. The van der Waals surface area contributed by atoms with Crippen molar-refractivity contribution in [2.45, 2.75) is 6.54 Å². The van der Waals surface area contributed by atoms with E-state index in [1.807, 2.05) is 6.07 Å². The quantitative estimate of drug-likeness (QED) is 0.500. The predicted octanol–water partition coefficient (Wildman–Crippen LogP) is 1.74. The Kier molecular flexibility index (Phi) is 6.42. The van der Waals surface area contributed by atoms with Crippen molar-refractivity contribution >= 4 is 41.5 Å². The van der Waals surface area contributed by atoms with Gasteiger partial charge in [0.15, 0.2) is 5.96 Å². The molecule has 0 saturated carbocycles. The molecule has 15 heavy (non-hydrogen) atoms. The first kappa shape index (κ1) is 14.3. The normalized spacial score (nSPS) is 8.93. The number of nitrogens with zero attached hydrogens (tertiary/aromatic N) is 1. The molecule has 0 radical (unpaired) electrons. The maximum Gasteiger partial charge on any atom is 0.186 e. The molecule has 0 amide bonds.